The van der Waals surface area contributed by atoms with E-state index in [1.165, 1.54) is 35.6 Å². The van der Waals surface area contributed by atoms with Crippen molar-refractivity contribution in [1.82, 2.24) is 14.2 Å². The monoisotopic (exact) mass is 590 g/mol. The first-order chi connectivity index (χ1) is 18.2. The summed E-state index contributed by atoms with van der Waals surface area (Å²) < 4.78 is 33.6. The van der Waals surface area contributed by atoms with E-state index in [-0.39, 0.29) is 49.1 Å². The van der Waals surface area contributed by atoms with Crippen LogP contribution < -0.4 is 9.64 Å². The third-order valence-electron chi connectivity index (χ3n) is 5.73. The molecule has 0 bridgehead atoms. The van der Waals surface area contributed by atoms with Gasteiger partial charge >= 0.3 is 0 Å². The van der Waals surface area contributed by atoms with Gasteiger partial charge in [-0.15, -0.1) is 12.4 Å². The number of methoxy groups -OCH3 is 1. The Hall–Kier alpha value is -3.26. The van der Waals surface area contributed by atoms with Crippen LogP contribution >= 0.6 is 23.7 Å². The highest BCUT2D eigenvalue weighted by molar-refractivity contribution is 7.89. The van der Waals surface area contributed by atoms with E-state index in [0.717, 1.165) is 27.5 Å². The Balaban J connectivity index is 0.00000533. The Morgan fingerprint density at radius 1 is 1.00 bits per heavy atom. The number of carbonyl (C=O) groups is 1. The lowest BCUT2D eigenvalue weighted by Gasteiger charge is -2.22. The van der Waals surface area contributed by atoms with Gasteiger partial charge in [0.1, 0.15) is 5.75 Å². The SMILES string of the molecule is COc1ccc2sc(N(CCCN(C)C)C(=O)c3ccc(S(=O)(=O)N(CCC#N)CCC#N)cc3)nc2c1.Cl. The topological polar surface area (TPSA) is 131 Å². The number of ether oxygens (including phenoxy) is 1. The number of rotatable bonds is 13. The van der Waals surface area contributed by atoms with Crippen molar-refractivity contribution < 1.29 is 17.9 Å². The van der Waals surface area contributed by atoms with Gasteiger partial charge in [0, 0.05) is 44.1 Å². The number of hydrogen-bond donors (Lipinski definition) is 0. The van der Waals surface area contributed by atoms with Crippen molar-refractivity contribution in [3.05, 3.63) is 48.0 Å². The van der Waals surface area contributed by atoms with E-state index < -0.39 is 10.0 Å². The molecule has 13 heteroatoms. The number of nitrogens with zero attached hydrogens (tertiary/aromatic N) is 6. The molecule has 0 aliphatic heterocycles. The summed E-state index contributed by atoms with van der Waals surface area (Å²) in [5.74, 6) is 0.389. The number of fused-ring (bicyclic) bond motifs is 1. The molecular formula is C26H31ClN6O4S2. The number of benzene rings is 2. The fraction of sp³-hybridized carbons (Fsp3) is 0.385. The van der Waals surface area contributed by atoms with Crippen LogP contribution in [0.4, 0.5) is 5.13 Å². The first kappa shape index (κ1) is 32.0. The van der Waals surface area contributed by atoms with Crippen molar-refractivity contribution >= 4 is 55.0 Å². The van der Waals surface area contributed by atoms with Gasteiger partial charge in [-0.05, 0) is 63.5 Å². The Kier molecular flexibility index (Phi) is 12.1. The van der Waals surface area contributed by atoms with Crippen molar-refractivity contribution in [2.45, 2.75) is 24.2 Å². The lowest BCUT2D eigenvalue weighted by molar-refractivity contribution is 0.0986. The first-order valence-electron chi connectivity index (χ1n) is 12.0. The highest BCUT2D eigenvalue weighted by Gasteiger charge is 2.26. The van der Waals surface area contributed by atoms with Crippen LogP contribution in [0.3, 0.4) is 0 Å². The molecular weight excluding hydrogens is 560 g/mol. The number of anilines is 1. The largest absolute Gasteiger partial charge is 0.497 e. The molecule has 0 radical (unpaired) electrons. The van der Waals surface area contributed by atoms with Crippen molar-refractivity contribution in [2.24, 2.45) is 0 Å². The summed E-state index contributed by atoms with van der Waals surface area (Å²) >= 11 is 1.40. The molecule has 0 aliphatic rings. The number of aromatic nitrogens is 1. The minimum absolute atomic E-state index is 0. The lowest BCUT2D eigenvalue weighted by Crippen LogP contribution is -2.34. The average Bonchev–Trinajstić information content (AvgIpc) is 3.33. The standard InChI is InChI=1S/C26H30N6O4S2.ClH/c1-30(2)15-6-18-32(26-29-23-19-21(36-3)9-12-24(23)37-26)25(33)20-7-10-22(11-8-20)38(34,35)31(16-4-13-27)17-5-14-28;/h7-12,19H,4-6,15-18H2,1-3H3;1H. The molecule has 0 N–H and O–H groups in total. The van der Waals surface area contributed by atoms with Gasteiger partial charge in [0.15, 0.2) is 5.13 Å². The molecule has 1 heterocycles. The molecule has 0 spiro atoms. The molecule has 3 aromatic rings. The van der Waals surface area contributed by atoms with E-state index in [4.69, 9.17) is 15.3 Å². The van der Waals surface area contributed by atoms with Gasteiger partial charge < -0.3 is 9.64 Å². The smallest absolute Gasteiger partial charge is 0.260 e. The third-order valence-corrected chi connectivity index (χ3v) is 8.70. The van der Waals surface area contributed by atoms with E-state index >= 15 is 0 Å². The second-order valence-corrected chi connectivity index (χ2v) is 11.6. The van der Waals surface area contributed by atoms with Crippen molar-refractivity contribution in [3.8, 4) is 17.9 Å². The van der Waals surface area contributed by atoms with Gasteiger partial charge in [-0.1, -0.05) is 11.3 Å². The molecule has 1 aromatic heterocycles. The van der Waals surface area contributed by atoms with Crippen LogP contribution in [0.1, 0.15) is 29.6 Å². The maximum Gasteiger partial charge on any atom is 0.260 e. The zero-order valence-electron chi connectivity index (χ0n) is 22.0. The van der Waals surface area contributed by atoms with Crippen LogP contribution in [0.15, 0.2) is 47.4 Å². The summed E-state index contributed by atoms with van der Waals surface area (Å²) in [5.41, 5.74) is 1.05. The number of sulfonamides is 1. The summed E-state index contributed by atoms with van der Waals surface area (Å²) in [4.78, 5) is 22.0. The van der Waals surface area contributed by atoms with Crippen LogP contribution in [0, 0.1) is 22.7 Å². The van der Waals surface area contributed by atoms with Gasteiger partial charge in [-0.2, -0.15) is 14.8 Å². The van der Waals surface area contributed by atoms with Crippen LogP contribution in [-0.4, -0.2) is 75.9 Å². The predicted octanol–water partition coefficient (Wildman–Crippen LogP) is 4.14. The van der Waals surface area contributed by atoms with Gasteiger partial charge in [0.25, 0.3) is 5.91 Å². The minimum atomic E-state index is -3.93. The van der Waals surface area contributed by atoms with Crippen LogP contribution in [0.25, 0.3) is 10.2 Å². The number of carbonyl (C=O) groups excluding carboxylic acids is 1. The molecule has 2 aromatic carbocycles. The van der Waals surface area contributed by atoms with Crippen molar-refractivity contribution in [2.75, 3.05) is 52.3 Å². The summed E-state index contributed by atoms with van der Waals surface area (Å²) in [6.45, 7) is 1.19. The lowest BCUT2D eigenvalue weighted by atomic mass is 10.2. The van der Waals surface area contributed by atoms with E-state index in [0.29, 0.717) is 23.0 Å². The van der Waals surface area contributed by atoms with Crippen LogP contribution in [-0.2, 0) is 10.0 Å². The summed E-state index contributed by atoms with van der Waals surface area (Å²) in [6.07, 6.45) is 0.742. The fourth-order valence-electron chi connectivity index (χ4n) is 3.74. The van der Waals surface area contributed by atoms with E-state index in [1.807, 2.05) is 49.3 Å². The van der Waals surface area contributed by atoms with E-state index in [1.54, 1.807) is 12.0 Å². The maximum absolute atomic E-state index is 13.6. The summed E-state index contributed by atoms with van der Waals surface area (Å²) in [6, 6.07) is 15.2. The van der Waals surface area contributed by atoms with E-state index in [2.05, 4.69) is 4.98 Å². The first-order valence-corrected chi connectivity index (χ1v) is 14.2. The Labute approximate surface area is 239 Å². The van der Waals surface area contributed by atoms with Gasteiger partial charge in [0.2, 0.25) is 10.0 Å². The van der Waals surface area contributed by atoms with Crippen LogP contribution in [0.2, 0.25) is 0 Å². The number of amides is 1. The minimum Gasteiger partial charge on any atom is -0.497 e. The quantitative estimate of drug-likeness (QED) is 0.290. The number of thiazole rings is 1. The summed E-state index contributed by atoms with van der Waals surface area (Å²) in [7, 11) is 1.58. The highest BCUT2D eigenvalue weighted by Crippen LogP contribution is 2.32. The molecule has 0 saturated heterocycles. The van der Waals surface area contributed by atoms with Gasteiger partial charge in [0.05, 0.1) is 34.4 Å². The molecule has 208 valence electrons. The van der Waals surface area contributed by atoms with Gasteiger partial charge in [-0.3, -0.25) is 9.69 Å². The Morgan fingerprint density at radius 2 is 1.64 bits per heavy atom. The molecule has 39 heavy (non-hydrogen) atoms. The molecule has 1 amide bonds. The number of halogens is 1. The van der Waals surface area contributed by atoms with Gasteiger partial charge in [-0.25, -0.2) is 13.4 Å². The summed E-state index contributed by atoms with van der Waals surface area (Å²) in [5, 5.41) is 18.3. The van der Waals surface area contributed by atoms with Crippen molar-refractivity contribution in [1.29, 1.82) is 10.5 Å². The Morgan fingerprint density at radius 3 is 2.21 bits per heavy atom. The third kappa shape index (κ3) is 8.12. The number of hydrogen-bond acceptors (Lipinski definition) is 9. The molecule has 0 saturated carbocycles. The van der Waals surface area contributed by atoms with Crippen molar-refractivity contribution in [3.63, 3.8) is 0 Å². The average molecular weight is 591 g/mol. The zero-order chi connectivity index (χ0) is 27.7. The molecule has 0 unspecified atom stereocenters. The zero-order valence-corrected chi connectivity index (χ0v) is 24.5. The van der Waals surface area contributed by atoms with E-state index in [9.17, 15) is 13.2 Å². The maximum atomic E-state index is 13.6. The molecule has 0 atom stereocenters. The molecule has 3 rings (SSSR count). The molecule has 0 aliphatic carbocycles. The fourth-order valence-corrected chi connectivity index (χ4v) is 6.15. The number of nitriles is 2. The second-order valence-electron chi connectivity index (χ2n) is 8.69. The predicted molar refractivity (Wildman–Crippen MR) is 154 cm³/mol. The second kappa shape index (κ2) is 14.8. The molecule has 10 nitrogen and oxygen atoms in total. The molecule has 0 fully saturated rings. The Bertz CT molecular complexity index is 1430. The van der Waals surface area contributed by atoms with Crippen LogP contribution in [0.5, 0.6) is 5.75 Å². The normalized spacial score (nSPS) is 11.2. The highest BCUT2D eigenvalue weighted by atomic mass is 35.5.